The first kappa shape index (κ1) is 16.6. The van der Waals surface area contributed by atoms with Crippen molar-refractivity contribution in [2.45, 2.75) is 20.0 Å². The molecular formula is C12H22N4O3S. The average Bonchev–Trinajstić information content (AvgIpc) is 2.35. The van der Waals surface area contributed by atoms with E-state index in [1.807, 2.05) is 0 Å². The summed E-state index contributed by atoms with van der Waals surface area (Å²) in [5, 5.41) is 6.17. The largest absolute Gasteiger partial charge is 0.377 e. The molecule has 0 aliphatic heterocycles. The van der Waals surface area contributed by atoms with Crippen molar-refractivity contribution in [2.75, 3.05) is 42.8 Å². The molecule has 2 N–H and O–H groups in total. The standard InChI is InChI=1S/C12H22N4O3S/c1-4-5-13-10-8-11(14-6-7-20(3,17)18)16-12(15-10)9-19-2/h8H,4-7,9H2,1-3H3,(H2,13,14,15,16). The summed E-state index contributed by atoms with van der Waals surface area (Å²) in [6.07, 6.45) is 2.19. The molecule has 0 aromatic carbocycles. The van der Waals surface area contributed by atoms with E-state index in [1.54, 1.807) is 13.2 Å². The predicted molar refractivity (Wildman–Crippen MR) is 79.7 cm³/mol. The van der Waals surface area contributed by atoms with Crippen molar-refractivity contribution in [1.29, 1.82) is 0 Å². The van der Waals surface area contributed by atoms with Crippen LogP contribution in [0.1, 0.15) is 19.2 Å². The minimum atomic E-state index is -2.99. The minimum absolute atomic E-state index is 0.0638. The molecule has 1 aromatic rings. The highest BCUT2D eigenvalue weighted by molar-refractivity contribution is 7.90. The molecule has 0 aliphatic carbocycles. The van der Waals surface area contributed by atoms with Gasteiger partial charge in [0.1, 0.15) is 28.1 Å². The van der Waals surface area contributed by atoms with Gasteiger partial charge in [-0.2, -0.15) is 0 Å². The number of methoxy groups -OCH3 is 1. The smallest absolute Gasteiger partial charge is 0.158 e. The maximum absolute atomic E-state index is 11.1. The van der Waals surface area contributed by atoms with Crippen molar-refractivity contribution in [2.24, 2.45) is 0 Å². The summed E-state index contributed by atoms with van der Waals surface area (Å²) >= 11 is 0. The second-order valence-corrected chi connectivity index (χ2v) is 6.73. The van der Waals surface area contributed by atoms with E-state index < -0.39 is 9.84 Å². The van der Waals surface area contributed by atoms with Crippen molar-refractivity contribution in [3.63, 3.8) is 0 Å². The van der Waals surface area contributed by atoms with Crippen LogP contribution in [0.4, 0.5) is 11.6 Å². The van der Waals surface area contributed by atoms with E-state index in [4.69, 9.17) is 4.74 Å². The lowest BCUT2D eigenvalue weighted by atomic mass is 10.4. The molecule has 0 saturated carbocycles. The summed E-state index contributed by atoms with van der Waals surface area (Å²) in [6, 6.07) is 1.76. The molecule has 0 atom stereocenters. The Kier molecular flexibility index (Phi) is 6.66. The average molecular weight is 302 g/mol. The molecule has 7 nitrogen and oxygen atoms in total. The van der Waals surface area contributed by atoms with Gasteiger partial charge >= 0.3 is 0 Å². The molecule has 8 heteroatoms. The van der Waals surface area contributed by atoms with Gasteiger partial charge in [-0.25, -0.2) is 18.4 Å². The first-order chi connectivity index (χ1) is 9.44. The maximum Gasteiger partial charge on any atom is 0.158 e. The number of ether oxygens (including phenoxy) is 1. The quantitative estimate of drug-likeness (QED) is 0.700. The molecule has 1 heterocycles. The van der Waals surface area contributed by atoms with E-state index in [0.29, 0.717) is 30.6 Å². The van der Waals surface area contributed by atoms with E-state index in [0.717, 1.165) is 13.0 Å². The highest BCUT2D eigenvalue weighted by atomic mass is 32.2. The zero-order chi connectivity index (χ0) is 15.0. The first-order valence-corrected chi connectivity index (χ1v) is 8.53. The summed E-state index contributed by atoms with van der Waals surface area (Å²) in [4.78, 5) is 8.58. The summed E-state index contributed by atoms with van der Waals surface area (Å²) in [5.41, 5.74) is 0. The molecular weight excluding hydrogens is 280 g/mol. The van der Waals surface area contributed by atoms with Gasteiger partial charge in [0.05, 0.1) is 5.75 Å². The highest BCUT2D eigenvalue weighted by Crippen LogP contribution is 2.12. The fourth-order valence-corrected chi connectivity index (χ4v) is 1.96. The van der Waals surface area contributed by atoms with Gasteiger partial charge in [-0.3, -0.25) is 0 Å². The van der Waals surface area contributed by atoms with Crippen LogP contribution in [0.5, 0.6) is 0 Å². The topological polar surface area (TPSA) is 93.2 Å². The van der Waals surface area contributed by atoms with E-state index in [-0.39, 0.29) is 5.75 Å². The van der Waals surface area contributed by atoms with Crippen LogP contribution in [0.25, 0.3) is 0 Å². The number of rotatable bonds is 9. The van der Waals surface area contributed by atoms with Gasteiger partial charge in [0.2, 0.25) is 0 Å². The Morgan fingerprint density at radius 3 is 2.30 bits per heavy atom. The molecule has 0 amide bonds. The number of hydrogen-bond acceptors (Lipinski definition) is 7. The molecule has 0 fully saturated rings. The van der Waals surface area contributed by atoms with E-state index in [2.05, 4.69) is 27.5 Å². The lowest BCUT2D eigenvalue weighted by Crippen LogP contribution is -2.16. The summed E-state index contributed by atoms with van der Waals surface area (Å²) in [6.45, 7) is 3.50. The number of nitrogens with zero attached hydrogens (tertiary/aromatic N) is 2. The van der Waals surface area contributed by atoms with Gasteiger partial charge in [0.15, 0.2) is 5.82 Å². The Morgan fingerprint density at radius 1 is 1.20 bits per heavy atom. The second-order valence-electron chi connectivity index (χ2n) is 4.47. The lowest BCUT2D eigenvalue weighted by Gasteiger charge is -2.10. The summed E-state index contributed by atoms with van der Waals surface area (Å²) in [7, 11) is -1.41. The van der Waals surface area contributed by atoms with Gasteiger partial charge in [-0.1, -0.05) is 6.92 Å². The zero-order valence-corrected chi connectivity index (χ0v) is 13.0. The van der Waals surface area contributed by atoms with Crippen LogP contribution in [0, 0.1) is 0 Å². The third kappa shape index (κ3) is 6.67. The number of hydrogen-bond donors (Lipinski definition) is 2. The number of anilines is 2. The molecule has 0 bridgehead atoms. The van der Waals surface area contributed by atoms with Crippen molar-refractivity contribution in [3.05, 3.63) is 11.9 Å². The van der Waals surface area contributed by atoms with Gasteiger partial charge in [-0.05, 0) is 6.42 Å². The first-order valence-electron chi connectivity index (χ1n) is 6.47. The Balaban J connectivity index is 2.74. The van der Waals surface area contributed by atoms with Crippen LogP contribution >= 0.6 is 0 Å². The van der Waals surface area contributed by atoms with Gasteiger partial charge in [-0.15, -0.1) is 0 Å². The number of aromatic nitrogens is 2. The second kappa shape index (κ2) is 8.01. The van der Waals surface area contributed by atoms with Crippen LogP contribution < -0.4 is 10.6 Å². The lowest BCUT2D eigenvalue weighted by molar-refractivity contribution is 0.178. The number of sulfone groups is 1. The van der Waals surface area contributed by atoms with Crippen molar-refractivity contribution >= 4 is 21.5 Å². The normalized spacial score (nSPS) is 11.3. The summed E-state index contributed by atoms with van der Waals surface area (Å²) in [5.74, 6) is 1.91. The fraction of sp³-hybridized carbons (Fsp3) is 0.667. The Bertz CT molecular complexity index is 519. The highest BCUT2D eigenvalue weighted by Gasteiger charge is 2.06. The molecule has 1 rings (SSSR count). The molecule has 0 aliphatic rings. The van der Waals surface area contributed by atoms with E-state index >= 15 is 0 Å². The Labute approximate surface area is 120 Å². The fourth-order valence-electron chi connectivity index (χ4n) is 1.49. The van der Waals surface area contributed by atoms with Gasteiger partial charge in [0, 0.05) is 32.5 Å². The molecule has 0 saturated heterocycles. The predicted octanol–water partition coefficient (Wildman–Crippen LogP) is 0.901. The van der Waals surface area contributed by atoms with Gasteiger partial charge < -0.3 is 15.4 Å². The van der Waals surface area contributed by atoms with Crippen LogP contribution in [0.15, 0.2) is 6.07 Å². The Hall–Kier alpha value is -1.41. The third-order valence-electron chi connectivity index (χ3n) is 2.38. The SMILES string of the molecule is CCCNc1cc(NCCS(C)(=O)=O)nc(COC)n1. The van der Waals surface area contributed by atoms with Crippen LogP contribution in [-0.2, 0) is 21.2 Å². The molecule has 0 unspecified atom stereocenters. The molecule has 114 valence electrons. The van der Waals surface area contributed by atoms with Crippen LogP contribution in [-0.4, -0.2) is 50.6 Å². The minimum Gasteiger partial charge on any atom is -0.377 e. The van der Waals surface area contributed by atoms with E-state index in [9.17, 15) is 8.42 Å². The van der Waals surface area contributed by atoms with Crippen molar-refractivity contribution in [1.82, 2.24) is 9.97 Å². The molecule has 1 aromatic heterocycles. The van der Waals surface area contributed by atoms with Crippen molar-refractivity contribution < 1.29 is 13.2 Å². The van der Waals surface area contributed by atoms with Crippen LogP contribution in [0.3, 0.4) is 0 Å². The van der Waals surface area contributed by atoms with Crippen molar-refractivity contribution in [3.8, 4) is 0 Å². The molecule has 0 radical (unpaired) electrons. The molecule has 20 heavy (non-hydrogen) atoms. The zero-order valence-electron chi connectivity index (χ0n) is 12.1. The van der Waals surface area contributed by atoms with Crippen LogP contribution in [0.2, 0.25) is 0 Å². The third-order valence-corrected chi connectivity index (χ3v) is 3.33. The van der Waals surface area contributed by atoms with Gasteiger partial charge in [0.25, 0.3) is 0 Å². The summed E-state index contributed by atoms with van der Waals surface area (Å²) < 4.78 is 27.2. The van der Waals surface area contributed by atoms with E-state index in [1.165, 1.54) is 6.26 Å². The maximum atomic E-state index is 11.1. The number of nitrogens with one attached hydrogen (secondary N) is 2. The molecule has 0 spiro atoms. The Morgan fingerprint density at radius 2 is 1.80 bits per heavy atom. The monoisotopic (exact) mass is 302 g/mol.